The Morgan fingerprint density at radius 1 is 1.04 bits per heavy atom. The first-order valence-electron chi connectivity index (χ1n) is 8.16. The highest BCUT2D eigenvalue weighted by Gasteiger charge is 2.34. The number of anilines is 1. The summed E-state index contributed by atoms with van der Waals surface area (Å²) in [5.41, 5.74) is 0.655. The zero-order valence-corrected chi connectivity index (χ0v) is 14.0. The molecule has 1 atom stereocenters. The molecule has 25 heavy (non-hydrogen) atoms. The highest BCUT2D eigenvalue weighted by molar-refractivity contribution is 5.96. The Kier molecular flexibility index (Phi) is 5.18. The molecule has 1 unspecified atom stereocenters. The van der Waals surface area contributed by atoms with E-state index in [4.69, 9.17) is 9.47 Å². The number of carbonyl (C=O) groups is 2. The molecule has 1 N–H and O–H groups in total. The van der Waals surface area contributed by atoms with Crippen molar-refractivity contribution < 1.29 is 19.1 Å². The van der Waals surface area contributed by atoms with E-state index in [1.165, 1.54) is 12.0 Å². The molecule has 6 heteroatoms. The molecule has 2 aromatic rings. The van der Waals surface area contributed by atoms with E-state index >= 15 is 0 Å². The van der Waals surface area contributed by atoms with Crippen molar-refractivity contribution in [3.05, 3.63) is 54.6 Å². The van der Waals surface area contributed by atoms with E-state index in [-0.39, 0.29) is 5.91 Å². The molecule has 1 fully saturated rings. The van der Waals surface area contributed by atoms with E-state index in [0.29, 0.717) is 24.4 Å². The number of amides is 2. The van der Waals surface area contributed by atoms with E-state index in [9.17, 15) is 9.59 Å². The maximum absolute atomic E-state index is 12.4. The molecule has 0 aliphatic carbocycles. The van der Waals surface area contributed by atoms with E-state index in [1.807, 2.05) is 30.3 Å². The average Bonchev–Trinajstić information content (AvgIpc) is 3.13. The molecule has 1 aliphatic rings. The minimum absolute atomic E-state index is 0.209. The van der Waals surface area contributed by atoms with Gasteiger partial charge in [0, 0.05) is 12.2 Å². The van der Waals surface area contributed by atoms with Crippen LogP contribution in [-0.2, 0) is 9.53 Å². The van der Waals surface area contributed by atoms with Gasteiger partial charge in [0.05, 0.1) is 7.11 Å². The number of likely N-dealkylation sites (tertiary alicyclic amines) is 1. The number of benzene rings is 2. The Labute approximate surface area is 146 Å². The summed E-state index contributed by atoms with van der Waals surface area (Å²) in [7, 11) is 1.32. The third-order valence-corrected chi connectivity index (χ3v) is 4.07. The van der Waals surface area contributed by atoms with Gasteiger partial charge in [0.25, 0.3) is 0 Å². The second-order valence-electron chi connectivity index (χ2n) is 5.75. The fourth-order valence-electron chi connectivity index (χ4n) is 2.83. The molecule has 1 heterocycles. The zero-order chi connectivity index (χ0) is 17.6. The SMILES string of the molecule is COC(=O)N1CCCC1C(=O)Nc1ccc(Oc2ccccc2)cc1. The second-order valence-corrected chi connectivity index (χ2v) is 5.75. The Morgan fingerprint density at radius 2 is 1.72 bits per heavy atom. The number of rotatable bonds is 4. The molecule has 0 spiro atoms. The third kappa shape index (κ3) is 4.09. The van der Waals surface area contributed by atoms with Gasteiger partial charge in [-0.2, -0.15) is 0 Å². The second kappa shape index (κ2) is 7.70. The Bertz CT molecular complexity index is 731. The minimum atomic E-state index is -0.493. The van der Waals surface area contributed by atoms with Gasteiger partial charge in [0.1, 0.15) is 17.5 Å². The number of hydrogen-bond donors (Lipinski definition) is 1. The average molecular weight is 340 g/mol. The predicted octanol–water partition coefficient (Wildman–Crippen LogP) is 3.65. The standard InChI is InChI=1S/C19H20N2O4/c1-24-19(23)21-13-5-8-17(21)18(22)20-14-9-11-16(12-10-14)25-15-6-3-2-4-7-15/h2-4,6-7,9-12,17H,5,8,13H2,1H3,(H,20,22). The van der Waals surface area contributed by atoms with Crippen LogP contribution in [0.4, 0.5) is 10.5 Å². The highest BCUT2D eigenvalue weighted by atomic mass is 16.5. The van der Waals surface area contributed by atoms with Crippen LogP contribution >= 0.6 is 0 Å². The molecule has 0 saturated carbocycles. The monoisotopic (exact) mass is 340 g/mol. The van der Waals surface area contributed by atoms with E-state index in [0.717, 1.165) is 12.2 Å². The van der Waals surface area contributed by atoms with Crippen molar-refractivity contribution in [1.29, 1.82) is 0 Å². The number of methoxy groups -OCH3 is 1. The van der Waals surface area contributed by atoms with Crippen molar-refractivity contribution in [2.45, 2.75) is 18.9 Å². The molecule has 0 aromatic heterocycles. The summed E-state index contributed by atoms with van der Waals surface area (Å²) >= 11 is 0. The molecule has 3 rings (SSSR count). The van der Waals surface area contributed by atoms with E-state index in [2.05, 4.69) is 5.32 Å². The first kappa shape index (κ1) is 16.8. The lowest BCUT2D eigenvalue weighted by atomic mass is 10.2. The van der Waals surface area contributed by atoms with Gasteiger partial charge in [-0.05, 0) is 49.2 Å². The van der Waals surface area contributed by atoms with Gasteiger partial charge in [-0.1, -0.05) is 18.2 Å². The number of nitrogens with zero attached hydrogens (tertiary/aromatic N) is 1. The molecule has 2 amide bonds. The fraction of sp³-hybridized carbons (Fsp3) is 0.263. The molecule has 2 aromatic carbocycles. The lowest BCUT2D eigenvalue weighted by Gasteiger charge is -2.22. The van der Waals surface area contributed by atoms with Gasteiger partial charge >= 0.3 is 6.09 Å². The molecule has 1 saturated heterocycles. The van der Waals surface area contributed by atoms with Gasteiger partial charge in [0.2, 0.25) is 5.91 Å². The normalized spacial score (nSPS) is 16.4. The zero-order valence-electron chi connectivity index (χ0n) is 14.0. The summed E-state index contributed by atoms with van der Waals surface area (Å²) in [5.74, 6) is 1.22. The van der Waals surface area contributed by atoms with Crippen LogP contribution in [0.5, 0.6) is 11.5 Å². The summed E-state index contributed by atoms with van der Waals surface area (Å²) in [5, 5.41) is 2.84. The van der Waals surface area contributed by atoms with Crippen LogP contribution < -0.4 is 10.1 Å². The van der Waals surface area contributed by atoms with Gasteiger partial charge in [-0.15, -0.1) is 0 Å². The van der Waals surface area contributed by atoms with Crippen molar-refractivity contribution in [3.63, 3.8) is 0 Å². The number of nitrogens with one attached hydrogen (secondary N) is 1. The fourth-order valence-corrected chi connectivity index (χ4v) is 2.83. The van der Waals surface area contributed by atoms with Crippen molar-refractivity contribution in [2.24, 2.45) is 0 Å². The summed E-state index contributed by atoms with van der Waals surface area (Å²) in [6, 6.07) is 16.1. The van der Waals surface area contributed by atoms with Crippen LogP contribution in [0, 0.1) is 0 Å². The first-order valence-corrected chi connectivity index (χ1v) is 8.16. The van der Waals surface area contributed by atoms with E-state index in [1.54, 1.807) is 24.3 Å². The van der Waals surface area contributed by atoms with E-state index < -0.39 is 12.1 Å². The van der Waals surface area contributed by atoms with Gasteiger partial charge in [0.15, 0.2) is 0 Å². The summed E-state index contributed by atoms with van der Waals surface area (Å²) in [6.45, 7) is 0.536. The van der Waals surface area contributed by atoms with Crippen LogP contribution in [0.3, 0.4) is 0 Å². The maximum atomic E-state index is 12.4. The molecule has 0 bridgehead atoms. The summed E-state index contributed by atoms with van der Waals surface area (Å²) in [6.07, 6.45) is 0.956. The molecular weight excluding hydrogens is 320 g/mol. The summed E-state index contributed by atoms with van der Waals surface area (Å²) in [4.78, 5) is 25.6. The van der Waals surface area contributed by atoms with Crippen molar-refractivity contribution in [2.75, 3.05) is 19.0 Å². The molecule has 130 valence electrons. The van der Waals surface area contributed by atoms with Crippen LogP contribution in [0.2, 0.25) is 0 Å². The Hall–Kier alpha value is -3.02. The number of ether oxygens (including phenoxy) is 2. The Morgan fingerprint density at radius 3 is 2.40 bits per heavy atom. The van der Waals surface area contributed by atoms with Crippen molar-refractivity contribution >= 4 is 17.7 Å². The quantitative estimate of drug-likeness (QED) is 0.922. The van der Waals surface area contributed by atoms with Gasteiger partial charge in [-0.3, -0.25) is 9.69 Å². The number of para-hydroxylation sites is 1. The van der Waals surface area contributed by atoms with Gasteiger partial charge in [-0.25, -0.2) is 4.79 Å². The summed E-state index contributed by atoms with van der Waals surface area (Å²) < 4.78 is 10.4. The van der Waals surface area contributed by atoms with Crippen molar-refractivity contribution in [1.82, 2.24) is 4.90 Å². The minimum Gasteiger partial charge on any atom is -0.457 e. The van der Waals surface area contributed by atoms with Crippen LogP contribution in [0.25, 0.3) is 0 Å². The van der Waals surface area contributed by atoms with Crippen molar-refractivity contribution in [3.8, 4) is 11.5 Å². The van der Waals surface area contributed by atoms with Crippen LogP contribution in [0.15, 0.2) is 54.6 Å². The Balaban J connectivity index is 1.61. The molecular formula is C19H20N2O4. The number of hydrogen-bond acceptors (Lipinski definition) is 4. The molecule has 6 nitrogen and oxygen atoms in total. The largest absolute Gasteiger partial charge is 0.457 e. The maximum Gasteiger partial charge on any atom is 0.410 e. The number of carbonyl (C=O) groups excluding carboxylic acids is 2. The lowest BCUT2D eigenvalue weighted by Crippen LogP contribution is -2.43. The molecule has 1 aliphatic heterocycles. The first-order chi connectivity index (χ1) is 12.2. The van der Waals surface area contributed by atoms with Gasteiger partial charge < -0.3 is 14.8 Å². The highest BCUT2D eigenvalue weighted by Crippen LogP contribution is 2.24. The van der Waals surface area contributed by atoms with Crippen LogP contribution in [0.1, 0.15) is 12.8 Å². The lowest BCUT2D eigenvalue weighted by molar-refractivity contribution is -0.119. The smallest absolute Gasteiger partial charge is 0.410 e. The predicted molar refractivity (Wildman–Crippen MR) is 93.7 cm³/mol. The third-order valence-electron chi connectivity index (χ3n) is 4.07. The topological polar surface area (TPSA) is 67.9 Å². The molecule has 0 radical (unpaired) electrons. The van der Waals surface area contributed by atoms with Crippen LogP contribution in [-0.4, -0.2) is 36.6 Å².